The number of rotatable bonds is 4. The highest BCUT2D eigenvalue weighted by molar-refractivity contribution is 7.90. The van der Waals surface area contributed by atoms with Gasteiger partial charge in [0.25, 0.3) is 0 Å². The summed E-state index contributed by atoms with van der Waals surface area (Å²) in [5.41, 5.74) is 3.66. The molecule has 0 aliphatic carbocycles. The van der Waals surface area contributed by atoms with Gasteiger partial charge in [-0.3, -0.25) is 4.57 Å². The molecule has 4 aromatic rings. The molecule has 0 spiro atoms. The Morgan fingerprint density at radius 3 is 2.26 bits per heavy atom. The number of benzene rings is 2. The maximum atomic E-state index is 11.7. The first-order valence-corrected chi connectivity index (χ1v) is 11.3. The van der Waals surface area contributed by atoms with Crippen LogP contribution in [0.25, 0.3) is 28.3 Å². The Morgan fingerprint density at radius 1 is 0.963 bits per heavy atom. The van der Waals surface area contributed by atoms with Gasteiger partial charge < -0.3 is 0 Å². The highest BCUT2D eigenvalue weighted by atomic mass is 35.5. The molecule has 0 atom stereocenters. The van der Waals surface area contributed by atoms with Gasteiger partial charge in [0.2, 0.25) is 0 Å². The third-order valence-electron chi connectivity index (χ3n) is 4.17. The Hall–Kier alpha value is -2.41. The van der Waals surface area contributed by atoms with E-state index in [1.54, 1.807) is 35.6 Å². The van der Waals surface area contributed by atoms with Gasteiger partial charge in [0.05, 0.1) is 10.6 Å². The summed E-state index contributed by atoms with van der Waals surface area (Å²) in [7, 11) is -3.24. The van der Waals surface area contributed by atoms with Crippen LogP contribution < -0.4 is 0 Å². The zero-order valence-corrected chi connectivity index (χ0v) is 16.7. The van der Waals surface area contributed by atoms with E-state index in [0.717, 1.165) is 28.3 Å². The normalized spacial score (nSPS) is 11.6. The predicted molar refractivity (Wildman–Crippen MR) is 110 cm³/mol. The van der Waals surface area contributed by atoms with Crippen molar-refractivity contribution in [3.63, 3.8) is 0 Å². The summed E-state index contributed by atoms with van der Waals surface area (Å²) in [5, 5.41) is 4.72. The second kappa shape index (κ2) is 6.96. The quantitative estimate of drug-likeness (QED) is 0.453. The molecule has 0 aliphatic heterocycles. The molecule has 0 N–H and O–H groups in total. The Labute approximate surface area is 166 Å². The van der Waals surface area contributed by atoms with Crippen LogP contribution in [0.3, 0.4) is 0 Å². The van der Waals surface area contributed by atoms with Crippen molar-refractivity contribution in [2.75, 3.05) is 6.26 Å². The summed E-state index contributed by atoms with van der Waals surface area (Å²) < 4.78 is 25.4. The van der Waals surface area contributed by atoms with E-state index in [1.165, 1.54) is 6.26 Å². The molecule has 0 aliphatic rings. The van der Waals surface area contributed by atoms with E-state index in [1.807, 2.05) is 51.9 Å². The minimum atomic E-state index is -3.24. The highest BCUT2D eigenvalue weighted by Crippen LogP contribution is 2.30. The van der Waals surface area contributed by atoms with E-state index in [9.17, 15) is 8.42 Å². The smallest absolute Gasteiger partial charge is 0.175 e. The van der Waals surface area contributed by atoms with Gasteiger partial charge in [0.15, 0.2) is 9.84 Å². The first kappa shape index (κ1) is 18.0. The molecule has 4 rings (SSSR count). The average molecular weight is 415 g/mol. The van der Waals surface area contributed by atoms with Crippen LogP contribution in [0.5, 0.6) is 0 Å². The number of sulfone groups is 1. The lowest BCUT2D eigenvalue weighted by atomic mass is 10.2. The predicted octanol–water partition coefficient (Wildman–Crippen LogP) is 5.32. The van der Waals surface area contributed by atoms with E-state index in [4.69, 9.17) is 16.6 Å². The van der Waals surface area contributed by atoms with Crippen LogP contribution in [0.4, 0.5) is 0 Å². The molecule has 0 bridgehead atoms. The van der Waals surface area contributed by atoms with E-state index in [0.29, 0.717) is 5.02 Å². The summed E-state index contributed by atoms with van der Waals surface area (Å²) in [6.45, 7) is 0. The highest BCUT2D eigenvalue weighted by Gasteiger charge is 2.15. The number of halogens is 1. The van der Waals surface area contributed by atoms with Crippen molar-refractivity contribution in [1.29, 1.82) is 0 Å². The van der Waals surface area contributed by atoms with E-state index in [-0.39, 0.29) is 4.90 Å². The molecule has 0 saturated carbocycles. The number of hydrogen-bond acceptors (Lipinski definition) is 4. The number of aromatic nitrogens is 2. The largest absolute Gasteiger partial charge is 0.299 e. The Morgan fingerprint density at radius 2 is 1.67 bits per heavy atom. The van der Waals surface area contributed by atoms with Gasteiger partial charge in [-0.1, -0.05) is 11.6 Å². The summed E-state index contributed by atoms with van der Waals surface area (Å²) in [4.78, 5) is 5.09. The zero-order valence-electron chi connectivity index (χ0n) is 14.3. The van der Waals surface area contributed by atoms with Gasteiger partial charge in [-0.2, -0.15) is 11.3 Å². The number of thiophene rings is 1. The summed E-state index contributed by atoms with van der Waals surface area (Å²) in [6.07, 6.45) is 3.18. The molecule has 0 saturated heterocycles. The first-order valence-electron chi connectivity index (χ1n) is 8.10. The lowest BCUT2D eigenvalue weighted by Gasteiger charge is -2.08. The third kappa shape index (κ3) is 3.69. The maximum absolute atomic E-state index is 11.7. The van der Waals surface area contributed by atoms with Gasteiger partial charge >= 0.3 is 0 Å². The van der Waals surface area contributed by atoms with Crippen molar-refractivity contribution in [3.05, 3.63) is 76.6 Å². The van der Waals surface area contributed by atoms with Crippen LogP contribution >= 0.6 is 22.9 Å². The third-order valence-corrected chi connectivity index (χ3v) is 6.23. The fourth-order valence-corrected chi connectivity index (χ4v) is 4.19. The van der Waals surface area contributed by atoms with Gasteiger partial charge in [-0.25, -0.2) is 13.4 Å². The molecule has 7 heteroatoms. The summed E-state index contributed by atoms with van der Waals surface area (Å²) in [6, 6.07) is 16.3. The molecular weight excluding hydrogens is 400 g/mol. The molecule has 0 fully saturated rings. The molecule has 27 heavy (non-hydrogen) atoms. The fourth-order valence-electron chi connectivity index (χ4n) is 2.78. The molecule has 0 amide bonds. The number of hydrogen-bond donors (Lipinski definition) is 0. The minimum Gasteiger partial charge on any atom is -0.299 e. The van der Waals surface area contributed by atoms with E-state index >= 15 is 0 Å². The van der Waals surface area contributed by atoms with Crippen LogP contribution in [-0.4, -0.2) is 24.2 Å². The molecule has 0 unspecified atom stereocenters. The summed E-state index contributed by atoms with van der Waals surface area (Å²) >= 11 is 7.64. The Kier molecular flexibility index (Phi) is 4.63. The van der Waals surface area contributed by atoms with Crippen molar-refractivity contribution in [1.82, 2.24) is 9.55 Å². The van der Waals surface area contributed by atoms with Crippen molar-refractivity contribution in [3.8, 4) is 28.3 Å². The molecule has 0 radical (unpaired) electrons. The van der Waals surface area contributed by atoms with Gasteiger partial charge in [-0.05, 0) is 60.0 Å². The second-order valence-electron chi connectivity index (χ2n) is 6.10. The lowest BCUT2D eigenvalue weighted by Crippen LogP contribution is -1.98. The Bertz CT molecular complexity index is 1180. The van der Waals surface area contributed by atoms with Crippen LogP contribution in [0, 0.1) is 0 Å². The van der Waals surface area contributed by atoms with E-state index < -0.39 is 9.84 Å². The van der Waals surface area contributed by atoms with Crippen LogP contribution in [0.15, 0.2) is 76.4 Å². The second-order valence-corrected chi connectivity index (χ2v) is 9.34. The monoisotopic (exact) mass is 414 g/mol. The fraction of sp³-hybridized carbons (Fsp3) is 0.0500. The average Bonchev–Trinajstić information content (AvgIpc) is 3.31. The minimum absolute atomic E-state index is 0.286. The van der Waals surface area contributed by atoms with Crippen LogP contribution in [-0.2, 0) is 9.84 Å². The molecule has 2 aromatic carbocycles. The van der Waals surface area contributed by atoms with Crippen LogP contribution in [0.1, 0.15) is 0 Å². The standard InChI is InChI=1S/C20H15ClN2O2S2/c1-27(24,25)18-8-2-14(3-9-18)20-22-19(15-10-11-26-13-15)12-23(20)17-6-4-16(21)5-7-17/h2-13H,1H3. The van der Waals surface area contributed by atoms with Gasteiger partial charge in [-0.15, -0.1) is 0 Å². The van der Waals surface area contributed by atoms with Crippen LogP contribution in [0.2, 0.25) is 5.02 Å². The van der Waals surface area contributed by atoms with Crippen molar-refractivity contribution in [2.24, 2.45) is 0 Å². The number of nitrogens with zero attached hydrogens (tertiary/aromatic N) is 2. The molecular formula is C20H15ClN2O2S2. The lowest BCUT2D eigenvalue weighted by molar-refractivity contribution is 0.602. The van der Waals surface area contributed by atoms with Gasteiger partial charge in [0, 0.05) is 39.7 Å². The SMILES string of the molecule is CS(=O)(=O)c1ccc(-c2nc(-c3ccsc3)cn2-c2ccc(Cl)cc2)cc1. The number of imidazole rings is 1. The molecule has 136 valence electrons. The van der Waals surface area contributed by atoms with E-state index in [2.05, 4.69) is 0 Å². The molecule has 2 aromatic heterocycles. The zero-order chi connectivity index (χ0) is 19.0. The van der Waals surface area contributed by atoms with Crippen molar-refractivity contribution >= 4 is 32.8 Å². The molecule has 2 heterocycles. The summed E-state index contributed by atoms with van der Waals surface area (Å²) in [5.74, 6) is 0.735. The first-order chi connectivity index (χ1) is 12.9. The van der Waals surface area contributed by atoms with Gasteiger partial charge in [0.1, 0.15) is 5.82 Å². The molecule has 4 nitrogen and oxygen atoms in total. The van der Waals surface area contributed by atoms with Crippen molar-refractivity contribution < 1.29 is 8.42 Å². The topological polar surface area (TPSA) is 52.0 Å². The van der Waals surface area contributed by atoms with Crippen molar-refractivity contribution in [2.45, 2.75) is 4.90 Å². The Balaban J connectivity index is 1.86. The maximum Gasteiger partial charge on any atom is 0.175 e.